The molecule has 4 aromatic rings. The molecule has 0 aliphatic rings. The van der Waals surface area contributed by atoms with Crippen LogP contribution in [0.4, 0.5) is 5.69 Å². The normalized spacial score (nSPS) is 11.4. The fraction of sp³-hybridized carbons (Fsp3) is 0.192. The minimum Gasteiger partial charge on any atom is -0.485 e. The molecule has 0 fully saturated rings. The molecule has 0 N–H and O–H groups in total. The van der Waals surface area contributed by atoms with Crippen LogP contribution in [0.15, 0.2) is 76.6 Å². The topological polar surface area (TPSA) is 99.6 Å². The Kier molecular flexibility index (Phi) is 6.49. The van der Waals surface area contributed by atoms with Crippen molar-refractivity contribution in [3.8, 4) is 5.75 Å². The Bertz CT molecular complexity index is 1460. The summed E-state index contributed by atoms with van der Waals surface area (Å²) in [5.74, 6) is 1.30. The molecule has 8 nitrogen and oxygen atoms in total. The zero-order valence-corrected chi connectivity index (χ0v) is 19.1. The highest BCUT2D eigenvalue weighted by Gasteiger charge is 2.14. The molecule has 0 bridgehead atoms. The van der Waals surface area contributed by atoms with E-state index in [-0.39, 0.29) is 23.8 Å². The molecule has 0 saturated heterocycles. The lowest BCUT2D eigenvalue weighted by molar-refractivity contribution is -0.384. The van der Waals surface area contributed by atoms with Crippen LogP contribution in [-0.2, 0) is 6.61 Å². The summed E-state index contributed by atoms with van der Waals surface area (Å²) in [6, 6.07) is 19.0. The third-order valence-electron chi connectivity index (χ3n) is 5.37. The number of nitro benzene ring substituents is 1. The number of non-ortho nitro benzene ring substituents is 1. The smallest absolute Gasteiger partial charge is 0.282 e. The molecule has 0 aliphatic carbocycles. The molecule has 0 unspecified atom stereocenters. The summed E-state index contributed by atoms with van der Waals surface area (Å²) in [4.78, 5) is 28.4. The molecule has 0 saturated carbocycles. The number of benzene rings is 3. The minimum atomic E-state index is -0.478. The van der Waals surface area contributed by atoms with Gasteiger partial charge in [0.1, 0.15) is 12.4 Å². The molecular formula is C26H24N4O4. The fourth-order valence-corrected chi connectivity index (χ4v) is 3.62. The highest BCUT2D eigenvalue weighted by Crippen LogP contribution is 2.28. The van der Waals surface area contributed by atoms with Crippen LogP contribution < -0.4 is 10.3 Å². The molecule has 3 aromatic carbocycles. The first-order chi connectivity index (χ1) is 16.3. The van der Waals surface area contributed by atoms with Gasteiger partial charge in [0, 0.05) is 17.7 Å². The second-order valence-corrected chi connectivity index (χ2v) is 8.24. The van der Waals surface area contributed by atoms with Gasteiger partial charge in [-0.25, -0.2) is 4.98 Å². The van der Waals surface area contributed by atoms with Crippen molar-refractivity contribution >= 4 is 22.8 Å². The standard InChI is InChI=1S/C26H24N4O4/c1-17(2)22-13-18(3)11-12-24(22)34-16-25-28-23-10-5-4-9-21(23)26(31)29(25)27-15-19-7-6-8-20(14-19)30(32)33/h4-15,17H,16H2,1-3H3/b27-15+. The van der Waals surface area contributed by atoms with Gasteiger partial charge in [-0.1, -0.05) is 55.8 Å². The zero-order valence-electron chi connectivity index (χ0n) is 19.1. The Morgan fingerprint density at radius 1 is 1.12 bits per heavy atom. The summed E-state index contributed by atoms with van der Waals surface area (Å²) in [7, 11) is 0. The van der Waals surface area contributed by atoms with Crippen molar-refractivity contribution in [2.45, 2.75) is 33.3 Å². The largest absolute Gasteiger partial charge is 0.485 e. The maximum Gasteiger partial charge on any atom is 0.282 e. The molecule has 0 radical (unpaired) electrons. The predicted octanol–water partition coefficient (Wildman–Crippen LogP) is 5.20. The van der Waals surface area contributed by atoms with E-state index in [1.807, 2.05) is 25.1 Å². The summed E-state index contributed by atoms with van der Waals surface area (Å²) < 4.78 is 7.29. The molecule has 34 heavy (non-hydrogen) atoms. The molecule has 0 spiro atoms. The first kappa shape index (κ1) is 22.8. The van der Waals surface area contributed by atoms with Gasteiger partial charge in [-0.05, 0) is 36.6 Å². The Hall–Kier alpha value is -4.33. The van der Waals surface area contributed by atoms with Crippen LogP contribution >= 0.6 is 0 Å². The average molecular weight is 457 g/mol. The Labute approximate surface area is 196 Å². The van der Waals surface area contributed by atoms with Gasteiger partial charge in [-0.2, -0.15) is 9.78 Å². The van der Waals surface area contributed by atoms with Crippen LogP contribution in [0, 0.1) is 17.0 Å². The van der Waals surface area contributed by atoms with E-state index in [1.165, 1.54) is 23.0 Å². The molecule has 4 rings (SSSR count). The summed E-state index contributed by atoms with van der Waals surface area (Å²) in [6.07, 6.45) is 1.40. The number of para-hydroxylation sites is 1. The molecule has 0 atom stereocenters. The van der Waals surface area contributed by atoms with Crippen molar-refractivity contribution in [1.29, 1.82) is 0 Å². The molecular weight excluding hydrogens is 432 g/mol. The maximum atomic E-state index is 13.2. The monoisotopic (exact) mass is 456 g/mol. The van der Waals surface area contributed by atoms with E-state index in [0.29, 0.717) is 22.3 Å². The highest BCUT2D eigenvalue weighted by atomic mass is 16.6. The SMILES string of the molecule is Cc1ccc(OCc2nc3ccccc3c(=O)n2/N=C/c2cccc([N+](=O)[O-])c2)c(C(C)C)c1. The summed E-state index contributed by atoms with van der Waals surface area (Å²) in [5, 5.41) is 15.8. The van der Waals surface area contributed by atoms with Gasteiger partial charge in [0.05, 0.1) is 22.0 Å². The molecule has 0 amide bonds. The fourth-order valence-electron chi connectivity index (χ4n) is 3.62. The quantitative estimate of drug-likeness (QED) is 0.216. The van der Waals surface area contributed by atoms with E-state index in [1.54, 1.807) is 30.3 Å². The second kappa shape index (κ2) is 9.66. The van der Waals surface area contributed by atoms with Crippen LogP contribution in [-0.4, -0.2) is 20.8 Å². The van der Waals surface area contributed by atoms with Crippen molar-refractivity contribution < 1.29 is 9.66 Å². The lowest BCUT2D eigenvalue weighted by Gasteiger charge is -2.16. The summed E-state index contributed by atoms with van der Waals surface area (Å²) in [6.45, 7) is 6.24. The van der Waals surface area contributed by atoms with Gasteiger partial charge < -0.3 is 4.74 Å². The highest BCUT2D eigenvalue weighted by molar-refractivity contribution is 5.81. The molecule has 172 valence electrons. The van der Waals surface area contributed by atoms with Gasteiger partial charge in [0.15, 0.2) is 5.82 Å². The van der Waals surface area contributed by atoms with Crippen molar-refractivity contribution in [2.24, 2.45) is 5.10 Å². The van der Waals surface area contributed by atoms with Gasteiger partial charge in [-0.15, -0.1) is 0 Å². The number of nitrogens with zero attached hydrogens (tertiary/aromatic N) is 4. The lowest BCUT2D eigenvalue weighted by Crippen LogP contribution is -2.23. The van der Waals surface area contributed by atoms with E-state index in [0.717, 1.165) is 16.9 Å². The lowest BCUT2D eigenvalue weighted by atomic mass is 10.00. The van der Waals surface area contributed by atoms with E-state index in [4.69, 9.17) is 4.74 Å². The molecule has 1 aromatic heterocycles. The second-order valence-electron chi connectivity index (χ2n) is 8.24. The number of hydrogen-bond acceptors (Lipinski definition) is 6. The molecule has 0 aliphatic heterocycles. The van der Waals surface area contributed by atoms with Crippen LogP contribution in [0.5, 0.6) is 5.75 Å². The number of fused-ring (bicyclic) bond motifs is 1. The average Bonchev–Trinajstić information content (AvgIpc) is 2.83. The van der Waals surface area contributed by atoms with E-state index >= 15 is 0 Å². The van der Waals surface area contributed by atoms with Crippen molar-refractivity contribution in [3.63, 3.8) is 0 Å². The van der Waals surface area contributed by atoms with Crippen molar-refractivity contribution in [1.82, 2.24) is 9.66 Å². The van der Waals surface area contributed by atoms with Crippen molar-refractivity contribution in [2.75, 3.05) is 0 Å². The minimum absolute atomic E-state index is 0.0229. The first-order valence-corrected chi connectivity index (χ1v) is 10.9. The Morgan fingerprint density at radius 2 is 1.91 bits per heavy atom. The van der Waals surface area contributed by atoms with Gasteiger partial charge >= 0.3 is 0 Å². The Morgan fingerprint density at radius 3 is 2.68 bits per heavy atom. The maximum absolute atomic E-state index is 13.2. The number of aromatic nitrogens is 2. The predicted molar refractivity (Wildman–Crippen MR) is 132 cm³/mol. The van der Waals surface area contributed by atoms with Crippen LogP contribution in [0.25, 0.3) is 10.9 Å². The van der Waals surface area contributed by atoms with Crippen LogP contribution in [0.2, 0.25) is 0 Å². The number of rotatable bonds is 7. The van der Waals surface area contributed by atoms with Crippen molar-refractivity contribution in [3.05, 3.63) is 110 Å². The van der Waals surface area contributed by atoms with Gasteiger partial charge in [0.25, 0.3) is 11.2 Å². The van der Waals surface area contributed by atoms with E-state index < -0.39 is 4.92 Å². The third kappa shape index (κ3) is 4.85. The zero-order chi connectivity index (χ0) is 24.2. The van der Waals surface area contributed by atoms with E-state index in [2.05, 4.69) is 30.0 Å². The molecule has 1 heterocycles. The van der Waals surface area contributed by atoms with Crippen LogP contribution in [0.1, 0.15) is 42.3 Å². The van der Waals surface area contributed by atoms with E-state index in [9.17, 15) is 14.9 Å². The number of ether oxygens (including phenoxy) is 1. The summed E-state index contributed by atoms with van der Waals surface area (Å²) in [5.41, 5.74) is 2.83. The Balaban J connectivity index is 1.75. The van der Waals surface area contributed by atoms with Crippen LogP contribution in [0.3, 0.4) is 0 Å². The third-order valence-corrected chi connectivity index (χ3v) is 5.37. The number of aryl methyl sites for hydroxylation is 1. The number of hydrogen-bond donors (Lipinski definition) is 0. The first-order valence-electron chi connectivity index (χ1n) is 10.9. The summed E-state index contributed by atoms with van der Waals surface area (Å²) >= 11 is 0. The van der Waals surface area contributed by atoms with Gasteiger partial charge in [0.2, 0.25) is 0 Å². The molecule has 8 heteroatoms. The number of nitro groups is 1. The van der Waals surface area contributed by atoms with Gasteiger partial charge in [-0.3, -0.25) is 14.9 Å².